The number of alkyl carbamates (subject to hydrolysis) is 2. The Hall–Kier alpha value is -5.74. The third-order valence-corrected chi connectivity index (χ3v) is 14.6. The lowest BCUT2D eigenvalue weighted by molar-refractivity contribution is -0.138. The Morgan fingerprint density at radius 3 is 1.76 bits per heavy atom. The Labute approximate surface area is 357 Å². The quantitative estimate of drug-likeness (QED) is 0.139. The van der Waals surface area contributed by atoms with Crippen molar-refractivity contribution in [2.24, 2.45) is 23.7 Å². The molecule has 0 bridgehead atoms. The van der Waals surface area contributed by atoms with Crippen LogP contribution in [0.4, 0.5) is 9.59 Å². The highest BCUT2D eigenvalue weighted by Crippen LogP contribution is 2.55. The first-order valence-electron chi connectivity index (χ1n) is 22.2. The molecule has 2 saturated carbocycles. The van der Waals surface area contributed by atoms with Crippen LogP contribution in [0, 0.1) is 23.7 Å². The summed E-state index contributed by atoms with van der Waals surface area (Å²) in [6.07, 6.45) is 5.16. The maximum atomic E-state index is 14.4. The summed E-state index contributed by atoms with van der Waals surface area (Å²) in [7, 11) is 2.64. The first-order valence-corrected chi connectivity index (χ1v) is 22.2. The van der Waals surface area contributed by atoms with Crippen molar-refractivity contribution in [3.05, 3.63) is 60.2 Å². The molecule has 8 atom stereocenters. The molecule has 3 aromatic carbocycles. The number of nitrogens with zero attached hydrogens (tertiary/aromatic N) is 4. The van der Waals surface area contributed by atoms with E-state index in [0.717, 1.165) is 81.3 Å². The average Bonchev–Trinajstić information content (AvgIpc) is 3.96. The molecule has 4 amide bonds. The lowest BCUT2D eigenvalue weighted by Gasteiger charge is -2.35. The number of hydrogen-bond donors (Lipinski definition) is 4. The summed E-state index contributed by atoms with van der Waals surface area (Å²) in [6.45, 7) is 2.24. The van der Waals surface area contributed by atoms with Crippen molar-refractivity contribution in [1.82, 2.24) is 40.4 Å². The van der Waals surface area contributed by atoms with Crippen molar-refractivity contribution >= 4 is 56.8 Å². The Morgan fingerprint density at radius 2 is 1.18 bits per heavy atom. The number of imidazole rings is 2. The molecule has 0 radical (unpaired) electrons. The van der Waals surface area contributed by atoms with Gasteiger partial charge in [-0.2, -0.15) is 0 Å². The van der Waals surface area contributed by atoms with Crippen LogP contribution in [0.2, 0.25) is 0 Å². The second-order valence-corrected chi connectivity index (χ2v) is 18.1. The van der Waals surface area contributed by atoms with Crippen molar-refractivity contribution in [2.45, 2.75) is 87.6 Å². The smallest absolute Gasteiger partial charge is 0.407 e. The molecule has 4 saturated heterocycles. The highest BCUT2D eigenvalue weighted by atomic mass is 16.5. The van der Waals surface area contributed by atoms with E-state index in [9.17, 15) is 19.2 Å². The van der Waals surface area contributed by atoms with E-state index in [4.69, 9.17) is 28.9 Å². The van der Waals surface area contributed by atoms with Crippen LogP contribution in [0.15, 0.2) is 48.5 Å². The van der Waals surface area contributed by atoms with Crippen molar-refractivity contribution in [1.29, 1.82) is 0 Å². The molecule has 0 spiro atoms. The Balaban J connectivity index is 0.846. The van der Waals surface area contributed by atoms with Gasteiger partial charge in [-0.05, 0) is 116 Å². The van der Waals surface area contributed by atoms with Gasteiger partial charge in [-0.25, -0.2) is 19.6 Å². The number of amides is 4. The summed E-state index contributed by atoms with van der Waals surface area (Å²) in [5, 5.41) is 7.83. The molecule has 2 aromatic heterocycles. The molecular weight excluding hydrogens is 793 g/mol. The SMILES string of the molecule is COC(=O)N[C@H](C(=O)N1[C@@H]2C[C@@H]2C[C@H]1c1nc2ccc(-c3ccc4c(ccc5nc([C@@H]6C[C@H]7C[C@H]7N6C(=O)[C@@H](NC(=O)OC)C6CCOCC6)[nH]c54)c3)cc2[nH]1)C1CCOCC1. The molecule has 6 aliphatic rings. The van der Waals surface area contributed by atoms with Gasteiger partial charge in [0.2, 0.25) is 11.8 Å². The minimum absolute atomic E-state index is 0.0299. The van der Waals surface area contributed by atoms with Gasteiger partial charge in [0.15, 0.2) is 0 Å². The fourth-order valence-corrected chi connectivity index (χ4v) is 11.1. The van der Waals surface area contributed by atoms with Gasteiger partial charge >= 0.3 is 12.2 Å². The third-order valence-electron chi connectivity index (χ3n) is 14.6. The summed E-state index contributed by atoms with van der Waals surface area (Å²) in [4.78, 5) is 74.8. The van der Waals surface area contributed by atoms with Crippen molar-refractivity contribution in [2.75, 3.05) is 40.6 Å². The maximum absolute atomic E-state index is 14.4. The van der Waals surface area contributed by atoms with Gasteiger partial charge in [0.05, 0.1) is 48.4 Å². The molecule has 5 aromatic rings. The normalized spacial score (nSPS) is 26.9. The van der Waals surface area contributed by atoms with Gasteiger partial charge in [-0.15, -0.1) is 0 Å². The third kappa shape index (κ3) is 6.91. The van der Waals surface area contributed by atoms with Crippen LogP contribution >= 0.6 is 0 Å². The molecule has 4 N–H and O–H groups in total. The predicted octanol–water partition coefficient (Wildman–Crippen LogP) is 5.89. The highest BCUT2D eigenvalue weighted by Gasteiger charge is 2.58. The summed E-state index contributed by atoms with van der Waals surface area (Å²) in [5.41, 5.74) is 5.56. The van der Waals surface area contributed by atoms with Gasteiger partial charge in [-0.3, -0.25) is 9.59 Å². The topological polar surface area (TPSA) is 193 Å². The second kappa shape index (κ2) is 15.6. The van der Waals surface area contributed by atoms with Crippen LogP contribution in [0.5, 0.6) is 0 Å². The van der Waals surface area contributed by atoms with E-state index in [1.807, 2.05) is 21.9 Å². The largest absolute Gasteiger partial charge is 0.453 e. The predicted molar refractivity (Wildman–Crippen MR) is 227 cm³/mol. The van der Waals surface area contributed by atoms with Crippen LogP contribution < -0.4 is 10.6 Å². The zero-order valence-corrected chi connectivity index (χ0v) is 34.9. The molecule has 0 unspecified atom stereocenters. The van der Waals surface area contributed by atoms with E-state index in [0.29, 0.717) is 63.9 Å². The van der Waals surface area contributed by atoms with E-state index in [1.165, 1.54) is 14.2 Å². The molecule has 324 valence electrons. The highest BCUT2D eigenvalue weighted by molar-refractivity contribution is 6.05. The van der Waals surface area contributed by atoms with Crippen molar-refractivity contribution in [3.8, 4) is 11.1 Å². The van der Waals surface area contributed by atoms with E-state index < -0.39 is 24.3 Å². The number of ether oxygens (including phenoxy) is 4. The summed E-state index contributed by atoms with van der Waals surface area (Å²) in [5.74, 6) is 2.15. The van der Waals surface area contributed by atoms with Crippen molar-refractivity contribution < 1.29 is 38.1 Å². The number of piperidine rings is 2. The molecule has 6 fully saturated rings. The number of carbonyl (C=O) groups excluding carboxylic acids is 4. The fourth-order valence-electron chi connectivity index (χ4n) is 11.1. The average molecular weight is 845 g/mol. The van der Waals surface area contributed by atoms with Gasteiger partial charge in [0.1, 0.15) is 23.7 Å². The first kappa shape index (κ1) is 39.1. The number of benzene rings is 3. The molecule has 11 rings (SSSR count). The lowest BCUT2D eigenvalue weighted by atomic mass is 9.90. The van der Waals surface area contributed by atoms with Crippen LogP contribution in [0.3, 0.4) is 0 Å². The minimum atomic E-state index is -0.687. The van der Waals surface area contributed by atoms with Gasteiger partial charge in [0, 0.05) is 43.9 Å². The molecule has 16 heteroatoms. The molecule has 4 aliphatic heterocycles. The molecule has 16 nitrogen and oxygen atoms in total. The zero-order chi connectivity index (χ0) is 42.2. The number of fused-ring (bicyclic) bond motifs is 6. The van der Waals surface area contributed by atoms with E-state index in [2.05, 4.69) is 57.0 Å². The molecule has 6 heterocycles. The van der Waals surface area contributed by atoms with E-state index >= 15 is 0 Å². The van der Waals surface area contributed by atoms with Gasteiger partial charge in [-0.1, -0.05) is 24.3 Å². The number of aromatic amines is 2. The monoisotopic (exact) mass is 844 g/mol. The molecule has 62 heavy (non-hydrogen) atoms. The van der Waals surface area contributed by atoms with Gasteiger partial charge in [0.25, 0.3) is 0 Å². The Bertz CT molecular complexity index is 2580. The summed E-state index contributed by atoms with van der Waals surface area (Å²) >= 11 is 0. The van der Waals surface area contributed by atoms with Crippen molar-refractivity contribution in [3.63, 3.8) is 0 Å². The standard InChI is InChI=1S/C46H52N8O8/c1-59-45(57)51-38(23-9-13-61-14-10-23)43(55)53-34-19-28(34)21-36(53)41-47-31-7-4-26(18-33(31)49-41)25-3-6-30-27(17-25)5-8-32-40(30)50-42(48-32)37-22-29-20-35(29)54(37)44(56)39(52-46(58)60-2)24-11-15-62-16-12-24/h3-8,17-18,23-24,28-29,34-39H,9-16,19-22H2,1-2H3,(H,47,49)(H,48,50)(H,51,57)(H,52,58)/t28-,29-,34-,35-,36+,37+,38+,39+/m1/s1. The molecular formula is C46H52N8O8. The molecule has 2 aliphatic carbocycles. The van der Waals surface area contributed by atoms with E-state index in [-0.39, 0.29) is 47.8 Å². The number of hydrogen-bond acceptors (Lipinski definition) is 10. The number of H-pyrrole nitrogens is 2. The number of aromatic nitrogens is 4. The fraction of sp³-hybridized carbons (Fsp3) is 0.522. The number of nitrogens with one attached hydrogen (secondary N) is 4. The number of rotatable bonds is 9. The zero-order valence-electron chi connectivity index (χ0n) is 34.9. The first-order chi connectivity index (χ1) is 30.3. The van der Waals surface area contributed by atoms with Crippen LogP contribution in [-0.4, -0.2) is 119 Å². The van der Waals surface area contributed by atoms with Gasteiger partial charge < -0.3 is 49.3 Å². The van der Waals surface area contributed by atoms with Crippen LogP contribution in [0.25, 0.3) is 44.0 Å². The van der Waals surface area contributed by atoms with Crippen LogP contribution in [0.1, 0.15) is 75.1 Å². The summed E-state index contributed by atoms with van der Waals surface area (Å²) < 4.78 is 21.0. The number of methoxy groups -OCH3 is 2. The number of carbonyl (C=O) groups is 4. The Kier molecular flexibility index (Phi) is 9.82. The van der Waals surface area contributed by atoms with Crippen LogP contribution in [-0.2, 0) is 28.5 Å². The lowest BCUT2D eigenvalue weighted by Crippen LogP contribution is -2.54. The summed E-state index contributed by atoms with van der Waals surface area (Å²) in [6, 6.07) is 15.3. The number of likely N-dealkylation sites (tertiary alicyclic amines) is 2. The Morgan fingerprint density at radius 1 is 0.661 bits per heavy atom. The van der Waals surface area contributed by atoms with E-state index in [1.54, 1.807) is 0 Å². The second-order valence-electron chi connectivity index (χ2n) is 18.1. The maximum Gasteiger partial charge on any atom is 0.407 e. The minimum Gasteiger partial charge on any atom is -0.453 e.